The van der Waals surface area contributed by atoms with Gasteiger partial charge in [-0.3, -0.25) is 4.79 Å². The molecule has 4 saturated carbocycles. The van der Waals surface area contributed by atoms with E-state index in [1.807, 2.05) is 13.8 Å². The van der Waals surface area contributed by atoms with Crippen LogP contribution in [0, 0.1) is 34.0 Å². The number of rotatable bonds is 0. The minimum atomic E-state index is -1.51. The highest BCUT2D eigenvalue weighted by molar-refractivity contribution is 6.05. The third-order valence-electron chi connectivity index (χ3n) is 9.49. The Morgan fingerprint density at radius 1 is 1.10 bits per heavy atom. The van der Waals surface area contributed by atoms with E-state index >= 15 is 0 Å². The highest BCUT2D eigenvalue weighted by atomic mass is 16.8. The van der Waals surface area contributed by atoms with Crippen LogP contribution < -0.4 is 0 Å². The van der Waals surface area contributed by atoms with Crippen LogP contribution in [0.4, 0.5) is 0 Å². The van der Waals surface area contributed by atoms with E-state index in [1.54, 1.807) is 0 Å². The number of fused-ring (bicyclic) bond motifs is 1. The first-order valence-corrected chi connectivity index (χ1v) is 11.1. The van der Waals surface area contributed by atoms with Gasteiger partial charge in [0.2, 0.25) is 5.79 Å². The number of Topliss-reactive ketones (excluding diaryl/α,β-unsaturated/α-hetero) is 1. The first-order chi connectivity index (χ1) is 13.4. The molecule has 7 rings (SSSR count). The fourth-order valence-corrected chi connectivity index (χ4v) is 9.02. The largest absolute Gasteiger partial charge is 0.393 e. The van der Waals surface area contributed by atoms with Crippen LogP contribution in [0.1, 0.15) is 53.4 Å². The van der Waals surface area contributed by atoms with Crippen molar-refractivity contribution in [2.45, 2.75) is 83.3 Å². The zero-order chi connectivity index (χ0) is 20.8. The van der Waals surface area contributed by atoms with Crippen molar-refractivity contribution in [3.8, 4) is 0 Å². The molecule has 2 N–H and O–H groups in total. The van der Waals surface area contributed by atoms with E-state index in [9.17, 15) is 15.0 Å². The molecule has 9 atom stereocenters. The first kappa shape index (κ1) is 18.9. The van der Waals surface area contributed by atoms with Gasteiger partial charge in [-0.15, -0.1) is 0 Å². The van der Waals surface area contributed by atoms with E-state index in [0.29, 0.717) is 18.6 Å². The summed E-state index contributed by atoms with van der Waals surface area (Å²) in [6.45, 7) is 12.5. The van der Waals surface area contributed by atoms with E-state index in [1.165, 1.54) is 0 Å². The lowest BCUT2D eigenvalue weighted by Gasteiger charge is -2.77. The molecule has 29 heavy (non-hydrogen) atoms. The van der Waals surface area contributed by atoms with Crippen LogP contribution in [0.15, 0.2) is 12.2 Å². The van der Waals surface area contributed by atoms with Gasteiger partial charge in [0.25, 0.3) is 0 Å². The van der Waals surface area contributed by atoms with Crippen molar-refractivity contribution in [1.82, 2.24) is 0 Å². The van der Waals surface area contributed by atoms with Crippen molar-refractivity contribution < 1.29 is 29.2 Å². The predicted octanol–water partition coefficient (Wildman–Crippen LogP) is 2.17. The van der Waals surface area contributed by atoms with Gasteiger partial charge in [0, 0.05) is 23.2 Å². The summed E-state index contributed by atoms with van der Waals surface area (Å²) in [5, 5.41) is 23.4. The van der Waals surface area contributed by atoms with Gasteiger partial charge < -0.3 is 24.4 Å². The third kappa shape index (κ3) is 1.72. The Kier molecular flexibility index (Phi) is 3.26. The lowest BCUT2D eigenvalue weighted by molar-refractivity contribution is -0.534. The number of ether oxygens (including phenoxy) is 3. The quantitative estimate of drug-likeness (QED) is 0.602. The number of aliphatic hydroxyl groups is 2. The second-order valence-electron chi connectivity index (χ2n) is 11.6. The van der Waals surface area contributed by atoms with E-state index < -0.39 is 40.7 Å². The minimum absolute atomic E-state index is 0.115. The van der Waals surface area contributed by atoms with Gasteiger partial charge in [0.1, 0.15) is 11.5 Å². The van der Waals surface area contributed by atoms with Crippen LogP contribution in [0.3, 0.4) is 0 Å². The molecule has 0 aromatic carbocycles. The minimum Gasteiger partial charge on any atom is -0.393 e. The van der Waals surface area contributed by atoms with Crippen molar-refractivity contribution in [3.63, 3.8) is 0 Å². The Bertz CT molecular complexity index is 833. The van der Waals surface area contributed by atoms with Crippen LogP contribution in [0.25, 0.3) is 0 Å². The smallest absolute Gasteiger partial charge is 0.213 e. The second-order valence-corrected chi connectivity index (χ2v) is 11.6. The maximum Gasteiger partial charge on any atom is 0.213 e. The molecule has 0 aromatic heterocycles. The average Bonchev–Trinajstić information content (AvgIpc) is 2.74. The van der Waals surface area contributed by atoms with Crippen LogP contribution in [-0.4, -0.2) is 52.5 Å². The van der Waals surface area contributed by atoms with Crippen LogP contribution in [-0.2, 0) is 19.0 Å². The molecule has 0 radical (unpaired) electrons. The molecule has 6 heteroatoms. The maximum atomic E-state index is 13.9. The number of aliphatic hydroxyl groups excluding tert-OH is 2. The highest BCUT2D eigenvalue weighted by Gasteiger charge is 2.90. The summed E-state index contributed by atoms with van der Waals surface area (Å²) in [5.41, 5.74) is -1.36. The number of carbonyl (C=O) groups is 1. The molecule has 3 heterocycles. The van der Waals surface area contributed by atoms with Gasteiger partial charge in [-0.2, -0.15) is 0 Å². The summed E-state index contributed by atoms with van der Waals surface area (Å²) in [4.78, 5) is 13.9. The van der Waals surface area contributed by atoms with E-state index in [-0.39, 0.29) is 29.0 Å². The maximum absolute atomic E-state index is 13.9. The predicted molar refractivity (Wildman–Crippen MR) is 102 cm³/mol. The van der Waals surface area contributed by atoms with E-state index in [4.69, 9.17) is 14.2 Å². The molecular weight excluding hydrogens is 372 g/mol. The molecule has 4 aliphatic carbocycles. The Hall–Kier alpha value is -0.790. The molecule has 7 aliphatic rings. The first-order valence-electron chi connectivity index (χ1n) is 11.1. The molecule has 6 nitrogen and oxygen atoms in total. The molecule has 160 valence electrons. The highest BCUT2D eigenvalue weighted by Crippen LogP contribution is 2.79. The van der Waals surface area contributed by atoms with Crippen molar-refractivity contribution >= 4 is 5.78 Å². The topological polar surface area (TPSA) is 85.2 Å². The van der Waals surface area contributed by atoms with Crippen LogP contribution in [0.2, 0.25) is 0 Å². The summed E-state index contributed by atoms with van der Waals surface area (Å²) in [5.74, 6) is -3.40. The number of hydrogen-bond acceptors (Lipinski definition) is 6. The van der Waals surface area contributed by atoms with Gasteiger partial charge in [-0.25, -0.2) is 0 Å². The molecule has 1 unspecified atom stereocenters. The average molecular weight is 405 g/mol. The van der Waals surface area contributed by atoms with Crippen molar-refractivity contribution in [2.75, 3.05) is 6.61 Å². The summed E-state index contributed by atoms with van der Waals surface area (Å²) in [6, 6.07) is 0. The molecule has 7 fully saturated rings. The third-order valence-corrected chi connectivity index (χ3v) is 9.49. The summed E-state index contributed by atoms with van der Waals surface area (Å²) < 4.78 is 19.3. The standard InChI is InChI=1S/C23H32O6/c1-11-12-9-13(24)14-21-8-6-7-19(2,3)15(21)17(26)23(27-10-21)22(14,16(11)25)18(12)28-20(4,5)29-23/h12-15,17-18,24,26H,1,6-10H2,2-5H3/t12?,13-,14-,15+,17-,18+,21+,22-,23+/m0/s1. The van der Waals surface area contributed by atoms with Crippen LogP contribution >= 0.6 is 0 Å². The molecular formula is C23H32O6. The Morgan fingerprint density at radius 3 is 2.55 bits per heavy atom. The molecule has 0 aromatic rings. The van der Waals surface area contributed by atoms with Gasteiger partial charge in [-0.1, -0.05) is 26.8 Å². The summed E-state index contributed by atoms with van der Waals surface area (Å²) in [7, 11) is 0. The lowest BCUT2D eigenvalue weighted by atomic mass is 9.35. The fraction of sp³-hybridized carbons (Fsp3) is 0.870. The van der Waals surface area contributed by atoms with Gasteiger partial charge >= 0.3 is 0 Å². The molecule has 3 aliphatic heterocycles. The second kappa shape index (κ2) is 4.99. The number of carbonyl (C=O) groups excluding carboxylic acids is 1. The lowest BCUT2D eigenvalue weighted by Crippen LogP contribution is -2.88. The van der Waals surface area contributed by atoms with E-state index in [2.05, 4.69) is 20.4 Å². The van der Waals surface area contributed by atoms with E-state index in [0.717, 1.165) is 19.3 Å². The fourth-order valence-electron chi connectivity index (χ4n) is 9.02. The van der Waals surface area contributed by atoms with Gasteiger partial charge in [0.05, 0.1) is 18.8 Å². The van der Waals surface area contributed by atoms with Gasteiger partial charge in [-0.05, 0) is 44.1 Å². The molecule has 4 bridgehead atoms. The SMILES string of the molecule is C=C1C(=O)[C@@]23[C@@H]4OC(C)(C)O[C@@]25OC[C@]2(CCCC(C)(C)[C@H]2[C@@H]5O)[C@@H]3[C@@H](O)CC14. The van der Waals surface area contributed by atoms with Crippen molar-refractivity contribution in [2.24, 2.45) is 34.0 Å². The van der Waals surface area contributed by atoms with Crippen molar-refractivity contribution in [1.29, 1.82) is 0 Å². The number of hydrogen-bond donors (Lipinski definition) is 2. The van der Waals surface area contributed by atoms with Crippen molar-refractivity contribution in [3.05, 3.63) is 12.2 Å². The zero-order valence-corrected chi connectivity index (χ0v) is 17.7. The Balaban J connectivity index is 1.69. The Labute approximate surface area is 171 Å². The molecule has 0 amide bonds. The normalized spacial score (nSPS) is 58.7. The van der Waals surface area contributed by atoms with Gasteiger partial charge in [0.15, 0.2) is 11.6 Å². The summed E-state index contributed by atoms with van der Waals surface area (Å²) in [6.07, 6.45) is 1.17. The molecule has 3 spiro atoms. The zero-order valence-electron chi connectivity index (χ0n) is 17.7. The summed E-state index contributed by atoms with van der Waals surface area (Å²) >= 11 is 0. The molecule has 3 saturated heterocycles. The number of ketones is 1. The Morgan fingerprint density at radius 2 is 1.83 bits per heavy atom. The monoisotopic (exact) mass is 404 g/mol. The van der Waals surface area contributed by atoms with Crippen LogP contribution in [0.5, 0.6) is 0 Å².